The van der Waals surface area contributed by atoms with Gasteiger partial charge in [0.05, 0.1) is 5.01 Å². The number of nitrogens with zero attached hydrogens (tertiary/aromatic N) is 2. The van der Waals surface area contributed by atoms with Gasteiger partial charge in [0.2, 0.25) is 5.91 Å². The number of amides is 1. The summed E-state index contributed by atoms with van der Waals surface area (Å²) in [5.41, 5.74) is 4.96. The maximum Gasteiger partial charge on any atom is 0.233 e. The van der Waals surface area contributed by atoms with Crippen molar-refractivity contribution in [3.63, 3.8) is 0 Å². The van der Waals surface area contributed by atoms with E-state index >= 15 is 0 Å². The second-order valence-corrected chi connectivity index (χ2v) is 6.54. The molecule has 0 spiro atoms. The third-order valence-electron chi connectivity index (χ3n) is 4.18. The van der Waals surface area contributed by atoms with Gasteiger partial charge in [-0.2, -0.15) is 0 Å². The molecule has 116 valence electrons. The van der Waals surface area contributed by atoms with E-state index in [2.05, 4.69) is 15.5 Å². The molecule has 1 aliphatic carbocycles. The topological polar surface area (TPSA) is 101 Å². The monoisotopic (exact) mass is 310 g/mol. The fourth-order valence-electron chi connectivity index (χ4n) is 2.83. The SMILES string of the molecule is CC(CNC(=O)C1(/C(N)=N/O)CCCCC1)c1nccs1. The van der Waals surface area contributed by atoms with E-state index < -0.39 is 5.41 Å². The largest absolute Gasteiger partial charge is 0.409 e. The first kappa shape index (κ1) is 15.8. The summed E-state index contributed by atoms with van der Waals surface area (Å²) < 4.78 is 0. The van der Waals surface area contributed by atoms with E-state index in [1.165, 1.54) is 0 Å². The van der Waals surface area contributed by atoms with Gasteiger partial charge >= 0.3 is 0 Å². The Hall–Kier alpha value is -1.63. The Morgan fingerprint density at radius 3 is 2.86 bits per heavy atom. The Kier molecular flexibility index (Phi) is 5.17. The highest BCUT2D eigenvalue weighted by molar-refractivity contribution is 7.09. The van der Waals surface area contributed by atoms with E-state index in [0.717, 1.165) is 24.3 Å². The van der Waals surface area contributed by atoms with Crippen molar-refractivity contribution < 1.29 is 10.0 Å². The predicted molar refractivity (Wildman–Crippen MR) is 82.5 cm³/mol. The summed E-state index contributed by atoms with van der Waals surface area (Å²) in [6.45, 7) is 2.53. The number of oxime groups is 1. The highest BCUT2D eigenvalue weighted by Gasteiger charge is 2.43. The Labute approximate surface area is 128 Å². The number of hydrogen-bond acceptors (Lipinski definition) is 5. The van der Waals surface area contributed by atoms with E-state index in [4.69, 9.17) is 10.9 Å². The number of aromatic nitrogens is 1. The maximum absolute atomic E-state index is 12.6. The van der Waals surface area contributed by atoms with Crippen molar-refractivity contribution in [2.24, 2.45) is 16.3 Å². The molecule has 1 unspecified atom stereocenters. The second-order valence-electron chi connectivity index (χ2n) is 5.61. The second kappa shape index (κ2) is 6.89. The fraction of sp³-hybridized carbons (Fsp3) is 0.643. The lowest BCUT2D eigenvalue weighted by Gasteiger charge is -2.34. The number of nitrogens with one attached hydrogen (secondary N) is 1. The van der Waals surface area contributed by atoms with Gasteiger partial charge in [-0.3, -0.25) is 4.79 Å². The summed E-state index contributed by atoms with van der Waals surface area (Å²) in [6, 6.07) is 0. The number of amidine groups is 1. The third-order valence-corrected chi connectivity index (χ3v) is 5.19. The number of rotatable bonds is 5. The van der Waals surface area contributed by atoms with Gasteiger partial charge in [-0.25, -0.2) is 4.98 Å². The maximum atomic E-state index is 12.6. The van der Waals surface area contributed by atoms with Gasteiger partial charge in [-0.1, -0.05) is 31.3 Å². The smallest absolute Gasteiger partial charge is 0.233 e. The fourth-order valence-corrected chi connectivity index (χ4v) is 3.53. The van der Waals surface area contributed by atoms with Crippen molar-refractivity contribution in [1.29, 1.82) is 0 Å². The molecule has 1 atom stereocenters. The summed E-state index contributed by atoms with van der Waals surface area (Å²) in [6.07, 6.45) is 5.97. The molecule has 0 aromatic carbocycles. The molecule has 21 heavy (non-hydrogen) atoms. The average molecular weight is 310 g/mol. The first-order valence-electron chi connectivity index (χ1n) is 7.26. The van der Waals surface area contributed by atoms with Crippen molar-refractivity contribution in [2.75, 3.05) is 6.54 Å². The number of carbonyl (C=O) groups is 1. The number of thiazole rings is 1. The number of nitrogens with two attached hydrogens (primary N) is 1. The Bertz CT molecular complexity index is 495. The molecule has 1 aromatic heterocycles. The minimum Gasteiger partial charge on any atom is -0.409 e. The van der Waals surface area contributed by atoms with Crippen LogP contribution in [0.5, 0.6) is 0 Å². The van der Waals surface area contributed by atoms with Crippen LogP contribution >= 0.6 is 11.3 Å². The van der Waals surface area contributed by atoms with Crippen molar-refractivity contribution in [2.45, 2.75) is 44.9 Å². The van der Waals surface area contributed by atoms with Crippen molar-refractivity contribution in [1.82, 2.24) is 10.3 Å². The zero-order valence-corrected chi connectivity index (χ0v) is 13.0. The van der Waals surface area contributed by atoms with Gasteiger partial charge in [-0.05, 0) is 12.8 Å². The normalized spacial score (nSPS) is 20.0. The van der Waals surface area contributed by atoms with Gasteiger partial charge in [0, 0.05) is 24.0 Å². The van der Waals surface area contributed by atoms with E-state index in [0.29, 0.717) is 19.4 Å². The quantitative estimate of drug-likeness (QED) is 0.335. The first-order chi connectivity index (χ1) is 10.1. The Morgan fingerprint density at radius 1 is 1.57 bits per heavy atom. The van der Waals surface area contributed by atoms with Crippen LogP contribution in [-0.4, -0.2) is 28.5 Å². The van der Waals surface area contributed by atoms with E-state index in [1.807, 2.05) is 12.3 Å². The lowest BCUT2D eigenvalue weighted by atomic mass is 9.72. The molecule has 7 heteroatoms. The van der Waals surface area contributed by atoms with Crippen LogP contribution in [0, 0.1) is 5.41 Å². The van der Waals surface area contributed by atoms with Crippen LogP contribution in [0.15, 0.2) is 16.7 Å². The predicted octanol–water partition coefficient (Wildman–Crippen LogP) is 2.06. The van der Waals surface area contributed by atoms with Crippen LogP contribution in [-0.2, 0) is 4.79 Å². The highest BCUT2D eigenvalue weighted by atomic mass is 32.1. The molecule has 0 saturated heterocycles. The summed E-state index contributed by atoms with van der Waals surface area (Å²) in [5.74, 6) is 0.0457. The lowest BCUT2D eigenvalue weighted by Crippen LogP contribution is -2.51. The van der Waals surface area contributed by atoms with Gasteiger partial charge in [0.25, 0.3) is 0 Å². The van der Waals surface area contributed by atoms with Gasteiger partial charge in [0.1, 0.15) is 5.41 Å². The standard InChI is InChI=1S/C14H22N4O2S/c1-10(11-16-7-8-21-11)9-17-13(19)14(12(15)18-20)5-3-2-4-6-14/h7-8,10,20H,2-6,9H2,1H3,(H2,15,18)(H,17,19). The van der Waals surface area contributed by atoms with Crippen LogP contribution in [0.1, 0.15) is 50.0 Å². The van der Waals surface area contributed by atoms with Gasteiger partial charge < -0.3 is 16.3 Å². The summed E-state index contributed by atoms with van der Waals surface area (Å²) in [7, 11) is 0. The minimum absolute atomic E-state index is 0.0293. The molecule has 6 nitrogen and oxygen atoms in total. The zero-order valence-electron chi connectivity index (χ0n) is 12.2. The van der Waals surface area contributed by atoms with Crippen LogP contribution in [0.2, 0.25) is 0 Å². The van der Waals surface area contributed by atoms with Crippen LogP contribution in [0.3, 0.4) is 0 Å². The molecule has 1 heterocycles. The zero-order chi connectivity index (χ0) is 15.3. The van der Waals surface area contributed by atoms with E-state index in [-0.39, 0.29) is 17.7 Å². The average Bonchev–Trinajstić information content (AvgIpc) is 3.06. The third kappa shape index (κ3) is 3.34. The number of carbonyl (C=O) groups excluding carboxylic acids is 1. The van der Waals surface area contributed by atoms with Crippen LogP contribution in [0.4, 0.5) is 0 Å². The molecule has 1 aromatic rings. The molecule has 0 aliphatic heterocycles. The van der Waals surface area contributed by atoms with Crippen LogP contribution < -0.4 is 11.1 Å². The summed E-state index contributed by atoms with van der Waals surface area (Å²) >= 11 is 1.58. The van der Waals surface area contributed by atoms with E-state index in [9.17, 15) is 4.79 Å². The van der Waals surface area contributed by atoms with Crippen molar-refractivity contribution in [3.8, 4) is 0 Å². The molecule has 2 rings (SSSR count). The first-order valence-corrected chi connectivity index (χ1v) is 8.14. The summed E-state index contributed by atoms with van der Waals surface area (Å²) in [4.78, 5) is 16.8. The van der Waals surface area contributed by atoms with Crippen molar-refractivity contribution >= 4 is 23.1 Å². The molecule has 1 aliphatic rings. The van der Waals surface area contributed by atoms with Gasteiger partial charge in [-0.15, -0.1) is 11.3 Å². The molecule has 0 radical (unpaired) electrons. The summed E-state index contributed by atoms with van der Waals surface area (Å²) in [5, 5.41) is 18.0. The van der Waals surface area contributed by atoms with Gasteiger partial charge in [0.15, 0.2) is 5.84 Å². The molecule has 0 bridgehead atoms. The lowest BCUT2D eigenvalue weighted by molar-refractivity contribution is -0.129. The minimum atomic E-state index is -0.852. The Balaban J connectivity index is 2.02. The molecule has 4 N–H and O–H groups in total. The number of hydrogen-bond donors (Lipinski definition) is 3. The molecule has 1 amide bonds. The molecule has 1 fully saturated rings. The molecular formula is C14H22N4O2S. The highest BCUT2D eigenvalue weighted by Crippen LogP contribution is 2.37. The Morgan fingerprint density at radius 2 is 2.29 bits per heavy atom. The van der Waals surface area contributed by atoms with E-state index in [1.54, 1.807) is 17.5 Å². The molecular weight excluding hydrogens is 288 g/mol. The van der Waals surface area contributed by atoms with Crippen molar-refractivity contribution in [3.05, 3.63) is 16.6 Å². The van der Waals surface area contributed by atoms with Crippen LogP contribution in [0.25, 0.3) is 0 Å². The molecule has 1 saturated carbocycles.